The molecule has 1 atom stereocenters. The van der Waals surface area contributed by atoms with Crippen molar-refractivity contribution in [1.82, 2.24) is 4.90 Å². The third-order valence-electron chi connectivity index (χ3n) is 2.17. The molecule has 0 aliphatic carbocycles. The fraction of sp³-hybridized carbons (Fsp3) is 0.778. The van der Waals surface area contributed by atoms with Crippen LogP contribution in [-0.4, -0.2) is 46.2 Å². The molecular weight excluding hydrogens is 186 g/mol. The maximum Gasteiger partial charge on any atom is 0.320 e. The molecule has 5 nitrogen and oxygen atoms in total. The van der Waals surface area contributed by atoms with E-state index in [2.05, 4.69) is 0 Å². The Labute approximate surface area is 83.3 Å². The van der Waals surface area contributed by atoms with E-state index in [9.17, 15) is 9.59 Å². The Morgan fingerprint density at radius 3 is 2.00 bits per heavy atom. The van der Waals surface area contributed by atoms with E-state index in [-0.39, 0.29) is 12.8 Å². The van der Waals surface area contributed by atoms with Crippen LogP contribution < -0.4 is 0 Å². The summed E-state index contributed by atoms with van der Waals surface area (Å²) in [7, 11) is 0. The minimum absolute atomic E-state index is 0.104. The van der Waals surface area contributed by atoms with Crippen molar-refractivity contribution in [3.05, 3.63) is 0 Å². The van der Waals surface area contributed by atoms with Crippen molar-refractivity contribution in [2.45, 2.75) is 32.7 Å². The number of rotatable bonds is 7. The lowest BCUT2D eigenvalue weighted by Gasteiger charge is -2.25. The zero-order valence-electron chi connectivity index (χ0n) is 8.56. The molecule has 0 amide bonds. The quantitative estimate of drug-likeness (QED) is 0.635. The third-order valence-corrected chi connectivity index (χ3v) is 2.17. The van der Waals surface area contributed by atoms with Crippen LogP contribution in [0.15, 0.2) is 0 Å². The van der Waals surface area contributed by atoms with Crippen molar-refractivity contribution in [2.75, 3.05) is 13.1 Å². The fourth-order valence-electron chi connectivity index (χ4n) is 1.39. The molecule has 0 fully saturated rings. The van der Waals surface area contributed by atoms with Crippen LogP contribution >= 0.6 is 0 Å². The summed E-state index contributed by atoms with van der Waals surface area (Å²) < 4.78 is 0. The molecule has 0 aliphatic rings. The molecule has 2 N–H and O–H groups in total. The van der Waals surface area contributed by atoms with Gasteiger partial charge in [-0.1, -0.05) is 13.8 Å². The predicted octanol–water partition coefficient (Wildman–Crippen LogP) is 0.646. The number of aliphatic carboxylic acids is 2. The van der Waals surface area contributed by atoms with Crippen LogP contribution in [0.5, 0.6) is 0 Å². The number of carboxylic acids is 2. The number of carbonyl (C=O) groups is 2. The summed E-state index contributed by atoms with van der Waals surface area (Å²) in [5.74, 6) is -1.90. The molecule has 14 heavy (non-hydrogen) atoms. The largest absolute Gasteiger partial charge is 0.481 e. The highest BCUT2D eigenvalue weighted by Gasteiger charge is 2.23. The van der Waals surface area contributed by atoms with Gasteiger partial charge in [-0.3, -0.25) is 14.5 Å². The summed E-state index contributed by atoms with van der Waals surface area (Å²) in [5.41, 5.74) is 0. The molecular formula is C9H17NO4. The molecule has 0 saturated heterocycles. The van der Waals surface area contributed by atoms with Crippen molar-refractivity contribution >= 4 is 11.9 Å². The van der Waals surface area contributed by atoms with Gasteiger partial charge in [-0.05, 0) is 19.5 Å². The van der Waals surface area contributed by atoms with Crippen LogP contribution in [-0.2, 0) is 9.59 Å². The molecule has 82 valence electrons. The molecule has 0 rings (SSSR count). The smallest absolute Gasteiger partial charge is 0.320 e. The highest BCUT2D eigenvalue weighted by Crippen LogP contribution is 2.07. The molecule has 0 aromatic rings. The van der Waals surface area contributed by atoms with Crippen molar-refractivity contribution in [1.29, 1.82) is 0 Å². The molecule has 0 aliphatic heterocycles. The summed E-state index contributed by atoms with van der Waals surface area (Å²) in [6.45, 7) is 4.96. The normalized spacial score (nSPS) is 12.8. The van der Waals surface area contributed by atoms with E-state index in [1.165, 1.54) is 0 Å². The van der Waals surface area contributed by atoms with E-state index >= 15 is 0 Å². The molecule has 0 spiro atoms. The van der Waals surface area contributed by atoms with Gasteiger partial charge in [0, 0.05) is 6.42 Å². The summed E-state index contributed by atoms with van der Waals surface area (Å²) >= 11 is 0. The third kappa shape index (κ3) is 4.23. The van der Waals surface area contributed by atoms with E-state index in [1.807, 2.05) is 13.8 Å². The lowest BCUT2D eigenvalue weighted by molar-refractivity contribution is -0.144. The Morgan fingerprint density at radius 1 is 1.21 bits per heavy atom. The maximum absolute atomic E-state index is 10.8. The van der Waals surface area contributed by atoms with Crippen molar-refractivity contribution in [3.63, 3.8) is 0 Å². The number of carboxylic acid groups (broad SMARTS) is 2. The van der Waals surface area contributed by atoms with E-state index < -0.39 is 18.0 Å². The van der Waals surface area contributed by atoms with Crippen LogP contribution in [0, 0.1) is 0 Å². The van der Waals surface area contributed by atoms with Gasteiger partial charge in [0.05, 0.1) is 0 Å². The summed E-state index contributed by atoms with van der Waals surface area (Å²) in [5, 5.41) is 17.3. The lowest BCUT2D eigenvalue weighted by Crippen LogP contribution is -2.41. The highest BCUT2D eigenvalue weighted by atomic mass is 16.4. The number of hydrogen-bond donors (Lipinski definition) is 2. The second-order valence-electron chi connectivity index (χ2n) is 3.01. The Hall–Kier alpha value is -1.10. The average Bonchev–Trinajstić information content (AvgIpc) is 2.11. The number of hydrogen-bond acceptors (Lipinski definition) is 3. The number of nitrogens with zero attached hydrogens (tertiary/aromatic N) is 1. The minimum atomic E-state index is -0.955. The van der Waals surface area contributed by atoms with E-state index in [4.69, 9.17) is 10.2 Å². The van der Waals surface area contributed by atoms with Crippen LogP contribution in [0.2, 0.25) is 0 Å². The Kier molecular flexibility index (Phi) is 5.87. The van der Waals surface area contributed by atoms with Gasteiger partial charge >= 0.3 is 11.9 Å². The van der Waals surface area contributed by atoms with Gasteiger partial charge in [0.25, 0.3) is 0 Å². The zero-order chi connectivity index (χ0) is 11.1. The molecule has 5 heteroatoms. The first-order valence-electron chi connectivity index (χ1n) is 4.71. The molecule has 0 bridgehead atoms. The van der Waals surface area contributed by atoms with E-state index in [0.29, 0.717) is 13.1 Å². The van der Waals surface area contributed by atoms with Crippen LogP contribution in [0.3, 0.4) is 0 Å². The van der Waals surface area contributed by atoms with Gasteiger partial charge in [0.1, 0.15) is 6.04 Å². The number of likely N-dealkylation sites (N-methyl/N-ethyl adjacent to an activating group) is 1. The highest BCUT2D eigenvalue weighted by molar-refractivity contribution is 5.75. The molecule has 1 unspecified atom stereocenters. The predicted molar refractivity (Wildman–Crippen MR) is 51.2 cm³/mol. The minimum Gasteiger partial charge on any atom is -0.481 e. The van der Waals surface area contributed by atoms with Gasteiger partial charge in [0.2, 0.25) is 0 Å². The molecule has 0 aromatic carbocycles. The van der Waals surface area contributed by atoms with Crippen molar-refractivity contribution in [2.24, 2.45) is 0 Å². The van der Waals surface area contributed by atoms with Gasteiger partial charge in [-0.2, -0.15) is 0 Å². The summed E-state index contributed by atoms with van der Waals surface area (Å²) in [6.07, 6.45) is 0.0554. The van der Waals surface area contributed by atoms with Gasteiger partial charge in [-0.25, -0.2) is 0 Å². The van der Waals surface area contributed by atoms with Gasteiger partial charge in [0.15, 0.2) is 0 Å². The zero-order valence-corrected chi connectivity index (χ0v) is 8.56. The molecule has 0 heterocycles. The van der Waals surface area contributed by atoms with Crippen LogP contribution in [0.4, 0.5) is 0 Å². The first-order chi connectivity index (χ1) is 6.52. The molecule has 0 aromatic heterocycles. The van der Waals surface area contributed by atoms with Crippen LogP contribution in [0.25, 0.3) is 0 Å². The van der Waals surface area contributed by atoms with Crippen molar-refractivity contribution in [3.8, 4) is 0 Å². The maximum atomic E-state index is 10.8. The molecule has 0 saturated carbocycles. The van der Waals surface area contributed by atoms with E-state index in [1.54, 1.807) is 4.90 Å². The Balaban J connectivity index is 4.27. The van der Waals surface area contributed by atoms with Crippen molar-refractivity contribution < 1.29 is 19.8 Å². The summed E-state index contributed by atoms with van der Waals surface area (Å²) in [6, 6.07) is -0.680. The SMILES string of the molecule is CCN(CC)C(CCC(=O)O)C(=O)O. The Morgan fingerprint density at radius 2 is 1.71 bits per heavy atom. The second kappa shape index (κ2) is 6.37. The topological polar surface area (TPSA) is 77.8 Å². The lowest BCUT2D eigenvalue weighted by atomic mass is 10.1. The van der Waals surface area contributed by atoms with Crippen LogP contribution in [0.1, 0.15) is 26.7 Å². The Bertz CT molecular complexity index is 201. The van der Waals surface area contributed by atoms with Gasteiger partial charge in [-0.15, -0.1) is 0 Å². The second-order valence-corrected chi connectivity index (χ2v) is 3.01. The molecule has 0 radical (unpaired) electrons. The van der Waals surface area contributed by atoms with E-state index in [0.717, 1.165) is 0 Å². The van der Waals surface area contributed by atoms with Gasteiger partial charge < -0.3 is 10.2 Å². The first kappa shape index (κ1) is 12.9. The fourth-order valence-corrected chi connectivity index (χ4v) is 1.39. The first-order valence-corrected chi connectivity index (χ1v) is 4.71. The monoisotopic (exact) mass is 203 g/mol. The standard InChI is InChI=1S/C9H17NO4/c1-3-10(4-2)7(9(13)14)5-6-8(11)12/h7H,3-6H2,1-2H3,(H,11,12)(H,13,14). The summed E-state index contributed by atoms with van der Waals surface area (Å²) in [4.78, 5) is 22.9. The average molecular weight is 203 g/mol.